The third kappa shape index (κ3) is 7.15. The van der Waals surface area contributed by atoms with Crippen molar-refractivity contribution in [3.8, 4) is 22.5 Å². The van der Waals surface area contributed by atoms with Gasteiger partial charge in [0.25, 0.3) is 5.91 Å². The summed E-state index contributed by atoms with van der Waals surface area (Å²) in [4.78, 5) is 41.8. The summed E-state index contributed by atoms with van der Waals surface area (Å²) in [5.41, 5.74) is 5.88. The summed E-state index contributed by atoms with van der Waals surface area (Å²) in [5.74, 6) is 0.347. The van der Waals surface area contributed by atoms with Gasteiger partial charge in [-0.1, -0.05) is 71.7 Å². The number of fused-ring (bicyclic) bond motifs is 1. The SMILES string of the molecule is CCNC(=O)NC1CCN(c2ncccc2NC(=O)c2[nH]c3cc(Cl)ccc3c2-c2c(-c3ccccc3)ncn2[C@@H](C)c2ccc(Cl)cc2)CC1. The monoisotopic (exact) mass is 720 g/mol. The molecule has 1 fully saturated rings. The fourth-order valence-corrected chi connectivity index (χ4v) is 7.06. The molecule has 0 bridgehead atoms. The maximum Gasteiger partial charge on any atom is 0.314 e. The number of nitrogens with one attached hydrogen (secondary N) is 4. The number of aromatic amines is 1. The first-order valence-corrected chi connectivity index (χ1v) is 17.8. The third-order valence-corrected chi connectivity index (χ3v) is 9.82. The lowest BCUT2D eigenvalue weighted by Crippen LogP contribution is -2.48. The van der Waals surface area contributed by atoms with Crippen LogP contribution < -0.4 is 20.9 Å². The molecule has 0 unspecified atom stereocenters. The Kier molecular flexibility index (Phi) is 9.96. The van der Waals surface area contributed by atoms with Crippen LogP contribution in [0, 0.1) is 0 Å². The van der Waals surface area contributed by atoms with Crippen LogP contribution in [0.3, 0.4) is 0 Å². The molecule has 3 aromatic heterocycles. The summed E-state index contributed by atoms with van der Waals surface area (Å²) in [5, 5.41) is 11.1. The number of nitrogens with zero attached hydrogens (tertiary/aromatic N) is 4. The number of H-pyrrole nitrogens is 1. The molecule has 4 heterocycles. The van der Waals surface area contributed by atoms with Gasteiger partial charge in [-0.25, -0.2) is 14.8 Å². The molecule has 10 nitrogen and oxygen atoms in total. The van der Waals surface area contributed by atoms with E-state index in [1.165, 1.54) is 0 Å². The van der Waals surface area contributed by atoms with Crippen LogP contribution in [0.15, 0.2) is 97.5 Å². The molecule has 51 heavy (non-hydrogen) atoms. The van der Waals surface area contributed by atoms with Gasteiger partial charge in [-0.3, -0.25) is 4.79 Å². The second-order valence-corrected chi connectivity index (χ2v) is 13.5. The average molecular weight is 722 g/mol. The molecule has 0 radical (unpaired) electrons. The summed E-state index contributed by atoms with van der Waals surface area (Å²) in [6.07, 6.45) is 5.07. The van der Waals surface area contributed by atoms with Gasteiger partial charge in [0.1, 0.15) is 5.69 Å². The molecule has 3 amide bonds. The van der Waals surface area contributed by atoms with Crippen molar-refractivity contribution >= 4 is 57.5 Å². The lowest BCUT2D eigenvalue weighted by Gasteiger charge is -2.34. The maximum atomic E-state index is 14.6. The zero-order valence-corrected chi connectivity index (χ0v) is 29.8. The van der Waals surface area contributed by atoms with Crippen molar-refractivity contribution in [3.63, 3.8) is 0 Å². The van der Waals surface area contributed by atoms with Gasteiger partial charge in [-0.2, -0.15) is 0 Å². The number of urea groups is 1. The minimum absolute atomic E-state index is 0.0641. The highest BCUT2D eigenvalue weighted by atomic mass is 35.5. The van der Waals surface area contributed by atoms with Crippen molar-refractivity contribution in [1.82, 2.24) is 30.2 Å². The van der Waals surface area contributed by atoms with Gasteiger partial charge < -0.3 is 30.4 Å². The Morgan fingerprint density at radius 1 is 0.941 bits per heavy atom. The molecule has 260 valence electrons. The molecule has 4 N–H and O–H groups in total. The molecule has 0 saturated carbocycles. The molecule has 12 heteroatoms. The number of hydrogen-bond acceptors (Lipinski definition) is 5. The lowest BCUT2D eigenvalue weighted by atomic mass is 9.99. The van der Waals surface area contributed by atoms with E-state index in [1.54, 1.807) is 6.20 Å². The van der Waals surface area contributed by atoms with Crippen molar-refractivity contribution in [2.24, 2.45) is 0 Å². The average Bonchev–Trinajstić information content (AvgIpc) is 3.74. The second-order valence-electron chi connectivity index (χ2n) is 12.6. The van der Waals surface area contributed by atoms with Crippen molar-refractivity contribution in [1.29, 1.82) is 0 Å². The van der Waals surface area contributed by atoms with Crippen molar-refractivity contribution in [2.45, 2.75) is 38.8 Å². The zero-order chi connectivity index (χ0) is 35.5. The number of hydrogen-bond donors (Lipinski definition) is 4. The number of carbonyl (C=O) groups excluding carboxylic acids is 2. The third-order valence-electron chi connectivity index (χ3n) is 9.34. The van der Waals surface area contributed by atoms with Gasteiger partial charge in [-0.05, 0) is 68.7 Å². The number of pyridine rings is 1. The smallest absolute Gasteiger partial charge is 0.314 e. The Morgan fingerprint density at radius 3 is 2.43 bits per heavy atom. The number of aromatic nitrogens is 4. The lowest BCUT2D eigenvalue weighted by molar-refractivity contribution is 0.102. The summed E-state index contributed by atoms with van der Waals surface area (Å²) < 4.78 is 2.11. The first-order chi connectivity index (χ1) is 24.8. The van der Waals surface area contributed by atoms with Crippen LogP contribution in [0.25, 0.3) is 33.4 Å². The Morgan fingerprint density at radius 2 is 1.69 bits per heavy atom. The van der Waals surface area contributed by atoms with Crippen LogP contribution in [-0.4, -0.2) is 57.1 Å². The van der Waals surface area contributed by atoms with E-state index in [9.17, 15) is 9.59 Å². The van der Waals surface area contributed by atoms with Gasteiger partial charge in [0.2, 0.25) is 0 Å². The van der Waals surface area contributed by atoms with Crippen molar-refractivity contribution in [3.05, 3.63) is 119 Å². The van der Waals surface area contributed by atoms with Crippen molar-refractivity contribution < 1.29 is 9.59 Å². The number of amides is 3. The minimum Gasteiger partial charge on any atom is -0.355 e. The fraction of sp³-hybridized carbons (Fsp3) is 0.231. The van der Waals surface area contributed by atoms with E-state index in [1.807, 2.05) is 98.2 Å². The molecule has 0 aliphatic carbocycles. The van der Waals surface area contributed by atoms with E-state index >= 15 is 0 Å². The van der Waals surface area contributed by atoms with E-state index < -0.39 is 0 Å². The summed E-state index contributed by atoms with van der Waals surface area (Å²) in [7, 11) is 0. The molecule has 7 rings (SSSR count). The number of carbonyl (C=O) groups is 2. The van der Waals surface area contributed by atoms with Gasteiger partial charge in [-0.15, -0.1) is 0 Å². The number of piperidine rings is 1. The van der Waals surface area contributed by atoms with Gasteiger partial charge in [0, 0.05) is 63.9 Å². The predicted molar refractivity (Wildman–Crippen MR) is 205 cm³/mol. The van der Waals surface area contributed by atoms with E-state index in [0.717, 1.165) is 46.3 Å². The predicted octanol–water partition coefficient (Wildman–Crippen LogP) is 8.55. The van der Waals surface area contributed by atoms with Crippen LogP contribution in [0.2, 0.25) is 10.0 Å². The quantitative estimate of drug-likeness (QED) is 0.119. The number of imidazole rings is 1. The Bertz CT molecular complexity index is 2170. The Balaban J connectivity index is 1.28. The zero-order valence-electron chi connectivity index (χ0n) is 28.3. The fourth-order valence-electron chi connectivity index (χ4n) is 6.76. The standard InChI is InChI=1S/C39H38Cl2N8O2/c1-3-42-39(51)45-29-17-20-48(21-18-29)37-31(10-7-19-43-37)47-38(50)35-33(30-16-15-28(41)22-32(30)46-35)36-34(26-8-5-4-6-9-26)44-23-49(36)24(2)25-11-13-27(40)14-12-25/h4-16,19,22-24,29,46H,3,17-18,20-21H2,1-2H3,(H,47,50)(H2,42,45,51)/t24-/m0/s1. The molecule has 1 saturated heterocycles. The molecule has 1 aliphatic heterocycles. The molecular formula is C39H38Cl2N8O2. The number of benzene rings is 3. The highest BCUT2D eigenvalue weighted by Crippen LogP contribution is 2.42. The molecule has 1 aliphatic rings. The number of halogens is 2. The molecule has 1 atom stereocenters. The van der Waals surface area contributed by atoms with Crippen LogP contribution in [0.5, 0.6) is 0 Å². The van der Waals surface area contributed by atoms with E-state index in [-0.39, 0.29) is 24.0 Å². The second kappa shape index (κ2) is 14.9. The van der Waals surface area contributed by atoms with Crippen LogP contribution in [0.1, 0.15) is 48.8 Å². The topological polar surface area (TPSA) is 120 Å². The highest BCUT2D eigenvalue weighted by molar-refractivity contribution is 6.31. The van der Waals surface area contributed by atoms with Gasteiger partial charge in [0.15, 0.2) is 5.82 Å². The van der Waals surface area contributed by atoms with E-state index in [4.69, 9.17) is 28.2 Å². The van der Waals surface area contributed by atoms with Crippen LogP contribution in [-0.2, 0) is 0 Å². The van der Waals surface area contributed by atoms with Gasteiger partial charge >= 0.3 is 6.03 Å². The van der Waals surface area contributed by atoms with Crippen LogP contribution >= 0.6 is 23.2 Å². The first kappa shape index (κ1) is 34.1. The normalized spacial score (nSPS) is 14.0. The van der Waals surface area contributed by atoms with E-state index in [2.05, 4.69) is 42.3 Å². The Labute approximate surface area is 306 Å². The highest BCUT2D eigenvalue weighted by Gasteiger charge is 2.29. The summed E-state index contributed by atoms with van der Waals surface area (Å²) >= 11 is 12.7. The van der Waals surface area contributed by atoms with Crippen molar-refractivity contribution in [2.75, 3.05) is 29.9 Å². The minimum atomic E-state index is -0.328. The molecule has 0 spiro atoms. The maximum absolute atomic E-state index is 14.6. The molecular weight excluding hydrogens is 683 g/mol. The Hall–Kier alpha value is -5.32. The van der Waals surface area contributed by atoms with Crippen LogP contribution in [0.4, 0.5) is 16.3 Å². The largest absolute Gasteiger partial charge is 0.355 e. The summed E-state index contributed by atoms with van der Waals surface area (Å²) in [6.45, 7) is 5.92. The summed E-state index contributed by atoms with van der Waals surface area (Å²) in [6, 6.07) is 26.8. The van der Waals surface area contributed by atoms with E-state index in [0.29, 0.717) is 52.4 Å². The molecule has 3 aromatic carbocycles. The number of rotatable bonds is 9. The van der Waals surface area contributed by atoms with Gasteiger partial charge in [0.05, 0.1) is 29.4 Å². The number of anilines is 2. The molecule has 6 aromatic rings. The first-order valence-electron chi connectivity index (χ1n) is 17.1.